The number of hydrogen-bond donors (Lipinski definition) is 3. The SMILES string of the molecule is CCOC(=O)N[C@@H](CC1(F)CCCC1)C(=O)CC1(C(O)C(N)=O)CCC1. The van der Waals surface area contributed by atoms with Crippen molar-refractivity contribution in [1.82, 2.24) is 5.32 Å². The van der Waals surface area contributed by atoms with E-state index in [2.05, 4.69) is 5.32 Å². The Morgan fingerprint density at radius 3 is 2.27 bits per heavy atom. The van der Waals surface area contributed by atoms with Gasteiger partial charge in [0.2, 0.25) is 5.91 Å². The molecule has 0 heterocycles. The maximum atomic E-state index is 14.9. The number of Topliss-reactive ketones (excluding diaryl/α,β-unsaturated/α-hetero) is 1. The first-order valence-electron chi connectivity index (χ1n) is 9.34. The molecule has 1 unspecified atom stereocenters. The highest BCUT2D eigenvalue weighted by molar-refractivity contribution is 5.89. The molecule has 2 amide bonds. The number of aliphatic hydroxyl groups excluding tert-OH is 1. The number of alkyl carbamates (subject to hydrolysis) is 1. The molecule has 2 atom stereocenters. The van der Waals surface area contributed by atoms with E-state index >= 15 is 0 Å². The number of ketones is 1. The van der Waals surface area contributed by atoms with Crippen molar-refractivity contribution < 1.29 is 28.6 Å². The summed E-state index contributed by atoms with van der Waals surface area (Å²) in [6.07, 6.45) is 1.55. The Morgan fingerprint density at radius 2 is 1.81 bits per heavy atom. The third kappa shape index (κ3) is 4.72. The van der Waals surface area contributed by atoms with Gasteiger partial charge in [-0.15, -0.1) is 0 Å². The number of alkyl halides is 1. The van der Waals surface area contributed by atoms with Gasteiger partial charge in [0.25, 0.3) is 0 Å². The van der Waals surface area contributed by atoms with Gasteiger partial charge in [0.05, 0.1) is 12.6 Å². The van der Waals surface area contributed by atoms with Crippen molar-refractivity contribution in [3.8, 4) is 0 Å². The second-order valence-electron chi connectivity index (χ2n) is 7.64. The lowest BCUT2D eigenvalue weighted by atomic mass is 9.61. The molecule has 0 aromatic rings. The number of nitrogens with two attached hydrogens (primary N) is 1. The molecule has 8 heteroatoms. The predicted molar refractivity (Wildman–Crippen MR) is 92.0 cm³/mol. The minimum Gasteiger partial charge on any atom is -0.450 e. The number of carbonyl (C=O) groups excluding carboxylic acids is 3. The molecule has 0 saturated heterocycles. The highest BCUT2D eigenvalue weighted by atomic mass is 19.1. The zero-order valence-electron chi connectivity index (χ0n) is 15.3. The van der Waals surface area contributed by atoms with Crippen LogP contribution in [0.4, 0.5) is 9.18 Å². The van der Waals surface area contributed by atoms with Gasteiger partial charge in [-0.1, -0.05) is 19.3 Å². The van der Waals surface area contributed by atoms with E-state index < -0.39 is 41.0 Å². The van der Waals surface area contributed by atoms with Crippen molar-refractivity contribution >= 4 is 17.8 Å². The van der Waals surface area contributed by atoms with E-state index in [1.165, 1.54) is 0 Å². The van der Waals surface area contributed by atoms with Gasteiger partial charge in [0.15, 0.2) is 5.78 Å². The Labute approximate surface area is 152 Å². The van der Waals surface area contributed by atoms with Gasteiger partial charge in [-0.2, -0.15) is 0 Å². The van der Waals surface area contributed by atoms with Crippen molar-refractivity contribution in [2.24, 2.45) is 11.1 Å². The highest BCUT2D eigenvalue weighted by Gasteiger charge is 2.49. The van der Waals surface area contributed by atoms with Gasteiger partial charge < -0.3 is 20.9 Å². The molecule has 0 bridgehead atoms. The quantitative estimate of drug-likeness (QED) is 0.570. The van der Waals surface area contributed by atoms with E-state index in [9.17, 15) is 23.9 Å². The summed E-state index contributed by atoms with van der Waals surface area (Å²) < 4.78 is 19.7. The van der Waals surface area contributed by atoms with Crippen LogP contribution in [0.5, 0.6) is 0 Å². The second-order valence-corrected chi connectivity index (χ2v) is 7.64. The summed E-state index contributed by atoms with van der Waals surface area (Å²) in [5.41, 5.74) is 2.81. The Bertz CT molecular complexity index is 544. The summed E-state index contributed by atoms with van der Waals surface area (Å²) in [5.74, 6) is -1.27. The van der Waals surface area contributed by atoms with E-state index in [0.717, 1.165) is 19.3 Å². The van der Waals surface area contributed by atoms with E-state index in [0.29, 0.717) is 25.7 Å². The number of ether oxygens (including phenoxy) is 1. The van der Waals surface area contributed by atoms with Gasteiger partial charge in [0, 0.05) is 18.3 Å². The number of halogens is 1. The number of primary amides is 1. The minimum absolute atomic E-state index is 0.118. The van der Waals surface area contributed by atoms with Crippen molar-refractivity contribution in [1.29, 1.82) is 0 Å². The van der Waals surface area contributed by atoms with Gasteiger partial charge in [0.1, 0.15) is 11.8 Å². The van der Waals surface area contributed by atoms with E-state index in [1.807, 2.05) is 0 Å². The number of hydrogen-bond acceptors (Lipinski definition) is 5. The topological polar surface area (TPSA) is 119 Å². The summed E-state index contributed by atoms with van der Waals surface area (Å²) in [5, 5.41) is 12.6. The largest absolute Gasteiger partial charge is 0.450 e. The molecule has 26 heavy (non-hydrogen) atoms. The number of nitrogens with one attached hydrogen (secondary N) is 1. The Morgan fingerprint density at radius 1 is 1.19 bits per heavy atom. The number of amides is 2. The van der Waals surface area contributed by atoms with Gasteiger partial charge in [-0.3, -0.25) is 9.59 Å². The van der Waals surface area contributed by atoms with Crippen LogP contribution in [0.3, 0.4) is 0 Å². The average molecular weight is 372 g/mol. The number of carbonyl (C=O) groups is 3. The molecule has 0 aromatic heterocycles. The van der Waals surface area contributed by atoms with Crippen LogP contribution in [0.15, 0.2) is 0 Å². The van der Waals surface area contributed by atoms with Crippen molar-refractivity contribution in [3.05, 3.63) is 0 Å². The average Bonchev–Trinajstić information content (AvgIpc) is 2.96. The first kappa shape index (κ1) is 20.6. The molecule has 2 aliphatic rings. The molecule has 4 N–H and O–H groups in total. The van der Waals surface area contributed by atoms with E-state index in [1.54, 1.807) is 6.92 Å². The Kier molecular flexibility index (Phi) is 6.60. The standard InChI is InChI=1S/C18H29FN2O5/c1-2-26-16(25)21-12(10-18(19)8-3-4-9-18)13(22)11-17(6-5-7-17)14(23)15(20)24/h12,14,23H,2-11H2,1H3,(H2,20,24)(H,21,25)/t12-,14?/m0/s1. The third-order valence-electron chi connectivity index (χ3n) is 5.75. The molecule has 7 nitrogen and oxygen atoms in total. The van der Waals surface area contributed by atoms with Crippen molar-refractivity contribution in [2.45, 2.75) is 82.5 Å². The molecule has 2 aliphatic carbocycles. The van der Waals surface area contributed by atoms with Crippen LogP contribution in [0.25, 0.3) is 0 Å². The van der Waals surface area contributed by atoms with Crippen LogP contribution < -0.4 is 11.1 Å². The predicted octanol–water partition coefficient (Wildman–Crippen LogP) is 1.75. The molecule has 0 aliphatic heterocycles. The first-order chi connectivity index (χ1) is 12.2. The van der Waals surface area contributed by atoms with Gasteiger partial charge >= 0.3 is 6.09 Å². The molecule has 2 saturated carbocycles. The fourth-order valence-corrected chi connectivity index (χ4v) is 4.09. The van der Waals surface area contributed by atoms with Gasteiger partial charge in [-0.25, -0.2) is 9.18 Å². The zero-order chi connectivity index (χ0) is 19.4. The van der Waals surface area contributed by atoms with Crippen molar-refractivity contribution in [3.63, 3.8) is 0 Å². The van der Waals surface area contributed by atoms with Crippen LogP contribution >= 0.6 is 0 Å². The molecule has 2 fully saturated rings. The monoisotopic (exact) mass is 372 g/mol. The Hall–Kier alpha value is -1.70. The normalized spacial score (nSPS) is 22.7. The molecular weight excluding hydrogens is 343 g/mol. The number of aliphatic hydroxyl groups is 1. The lowest BCUT2D eigenvalue weighted by Gasteiger charge is -2.44. The molecule has 2 rings (SSSR count). The number of rotatable bonds is 9. The molecule has 148 valence electrons. The summed E-state index contributed by atoms with van der Waals surface area (Å²) >= 11 is 0. The maximum Gasteiger partial charge on any atom is 0.407 e. The summed E-state index contributed by atoms with van der Waals surface area (Å²) in [4.78, 5) is 36.0. The second kappa shape index (κ2) is 8.33. The molecular formula is C18H29FN2O5. The van der Waals surface area contributed by atoms with Crippen LogP contribution in [-0.4, -0.2) is 47.3 Å². The summed E-state index contributed by atoms with van der Waals surface area (Å²) in [6, 6.07) is -1.05. The lowest BCUT2D eigenvalue weighted by Crippen LogP contribution is -2.53. The Balaban J connectivity index is 2.10. The lowest BCUT2D eigenvalue weighted by molar-refractivity contribution is -0.143. The van der Waals surface area contributed by atoms with E-state index in [4.69, 9.17) is 10.5 Å². The molecule has 0 spiro atoms. The van der Waals surface area contributed by atoms with Crippen LogP contribution in [0, 0.1) is 5.41 Å². The highest BCUT2D eigenvalue weighted by Crippen LogP contribution is 2.47. The van der Waals surface area contributed by atoms with Crippen molar-refractivity contribution in [2.75, 3.05) is 6.61 Å². The van der Waals surface area contributed by atoms with Crippen LogP contribution in [0.2, 0.25) is 0 Å². The third-order valence-corrected chi connectivity index (χ3v) is 5.75. The van der Waals surface area contributed by atoms with Crippen LogP contribution in [0.1, 0.15) is 64.7 Å². The summed E-state index contributed by atoms with van der Waals surface area (Å²) in [7, 11) is 0. The van der Waals surface area contributed by atoms with Crippen LogP contribution in [-0.2, 0) is 14.3 Å². The smallest absolute Gasteiger partial charge is 0.407 e. The fourth-order valence-electron chi connectivity index (χ4n) is 4.09. The molecule has 0 radical (unpaired) electrons. The maximum absolute atomic E-state index is 14.9. The zero-order valence-corrected chi connectivity index (χ0v) is 15.3. The fraction of sp³-hybridized carbons (Fsp3) is 0.833. The minimum atomic E-state index is -1.49. The van der Waals surface area contributed by atoms with E-state index in [-0.39, 0.29) is 19.4 Å². The summed E-state index contributed by atoms with van der Waals surface area (Å²) in [6.45, 7) is 1.77. The first-order valence-corrected chi connectivity index (χ1v) is 9.34. The van der Waals surface area contributed by atoms with Gasteiger partial charge in [-0.05, 0) is 32.6 Å². The molecule has 0 aromatic carbocycles.